The number of oxazole rings is 1. The van der Waals surface area contributed by atoms with E-state index in [4.69, 9.17) is 4.42 Å². The van der Waals surface area contributed by atoms with Gasteiger partial charge in [-0.2, -0.15) is 0 Å². The molecule has 1 aromatic carbocycles. The van der Waals surface area contributed by atoms with Crippen LogP contribution in [0, 0.1) is 0 Å². The molecule has 23 heavy (non-hydrogen) atoms. The van der Waals surface area contributed by atoms with Gasteiger partial charge < -0.3 is 9.73 Å². The summed E-state index contributed by atoms with van der Waals surface area (Å²) in [6.07, 6.45) is 2.45. The van der Waals surface area contributed by atoms with Gasteiger partial charge in [0.2, 0.25) is 11.0 Å². The smallest absolute Gasteiger partial charge is 0.223 e. The number of nitrogens with one attached hydrogen (secondary N) is 1. The molecule has 118 valence electrons. The van der Waals surface area contributed by atoms with Gasteiger partial charge in [0.05, 0.1) is 6.20 Å². The Hall–Kier alpha value is -2.19. The summed E-state index contributed by atoms with van der Waals surface area (Å²) in [5.74, 6) is 2.10. The Kier molecular flexibility index (Phi) is 5.04. The molecule has 0 bridgehead atoms. The summed E-state index contributed by atoms with van der Waals surface area (Å²) in [5, 5.41) is 11.1. The fraction of sp³-hybridized carbons (Fsp3) is 0.200. The van der Waals surface area contributed by atoms with Crippen LogP contribution in [-0.4, -0.2) is 26.8 Å². The Labute approximate surface area is 141 Å². The van der Waals surface area contributed by atoms with Crippen LogP contribution in [0.1, 0.15) is 12.8 Å². The van der Waals surface area contributed by atoms with Crippen LogP contribution in [-0.2, 0) is 11.2 Å². The number of benzene rings is 1. The molecule has 1 N–H and O–H groups in total. The highest BCUT2D eigenvalue weighted by molar-refractivity contribution is 8.01. The van der Waals surface area contributed by atoms with E-state index < -0.39 is 0 Å². The molecule has 3 rings (SSSR count). The van der Waals surface area contributed by atoms with Crippen molar-refractivity contribution in [2.75, 3.05) is 11.1 Å². The number of anilines is 1. The normalized spacial score (nSPS) is 10.7. The minimum absolute atomic E-state index is 0.147. The molecule has 6 nitrogen and oxygen atoms in total. The molecule has 0 fully saturated rings. The molecule has 0 unspecified atom stereocenters. The lowest BCUT2D eigenvalue weighted by atomic mass is 10.2. The second-order valence-corrected chi connectivity index (χ2v) is 6.96. The maximum atomic E-state index is 10.9. The summed E-state index contributed by atoms with van der Waals surface area (Å²) in [4.78, 5) is 15.2. The molecule has 2 heterocycles. The van der Waals surface area contributed by atoms with E-state index in [1.165, 1.54) is 18.3 Å². The van der Waals surface area contributed by atoms with Gasteiger partial charge in [-0.1, -0.05) is 53.4 Å². The lowest BCUT2D eigenvalue weighted by Gasteiger charge is -1.96. The molecule has 0 aliphatic rings. The van der Waals surface area contributed by atoms with Crippen molar-refractivity contribution in [3.05, 3.63) is 42.4 Å². The standard InChI is InChI=1S/C15H14N4O2S2/c1-10(20)17-14-18-19-15(23-14)22-8-7-13-16-9-12(21-13)11-5-3-2-4-6-11/h2-6,9H,7-8H2,1H3,(H,17,18,20). The average molecular weight is 346 g/mol. The van der Waals surface area contributed by atoms with Gasteiger partial charge >= 0.3 is 0 Å². The molecule has 0 radical (unpaired) electrons. The van der Waals surface area contributed by atoms with E-state index in [0.29, 0.717) is 17.4 Å². The SMILES string of the molecule is CC(=O)Nc1nnc(SCCc2ncc(-c3ccccc3)o2)s1. The summed E-state index contributed by atoms with van der Waals surface area (Å²) in [6, 6.07) is 9.88. The Morgan fingerprint density at radius 3 is 2.91 bits per heavy atom. The number of carbonyl (C=O) groups excluding carboxylic acids is 1. The Morgan fingerprint density at radius 1 is 1.30 bits per heavy atom. The van der Waals surface area contributed by atoms with E-state index >= 15 is 0 Å². The Balaban J connectivity index is 1.52. The van der Waals surface area contributed by atoms with Gasteiger partial charge in [-0.15, -0.1) is 10.2 Å². The highest BCUT2D eigenvalue weighted by atomic mass is 32.2. The van der Waals surface area contributed by atoms with Crippen molar-refractivity contribution in [3.63, 3.8) is 0 Å². The van der Waals surface area contributed by atoms with Crippen molar-refractivity contribution in [1.29, 1.82) is 0 Å². The molecule has 2 aromatic heterocycles. The number of hydrogen-bond acceptors (Lipinski definition) is 7. The molecule has 0 atom stereocenters. The van der Waals surface area contributed by atoms with Crippen LogP contribution in [0.2, 0.25) is 0 Å². The maximum Gasteiger partial charge on any atom is 0.223 e. The Morgan fingerprint density at radius 2 is 2.13 bits per heavy atom. The quantitative estimate of drug-likeness (QED) is 0.543. The fourth-order valence-corrected chi connectivity index (χ4v) is 3.65. The molecule has 3 aromatic rings. The average Bonchev–Trinajstić information content (AvgIpc) is 3.18. The topological polar surface area (TPSA) is 80.9 Å². The number of thioether (sulfide) groups is 1. The van der Waals surface area contributed by atoms with E-state index in [1.54, 1.807) is 18.0 Å². The predicted octanol–water partition coefficient (Wildman–Crippen LogP) is 3.49. The summed E-state index contributed by atoms with van der Waals surface area (Å²) in [5.41, 5.74) is 1.02. The molecule has 0 aliphatic carbocycles. The van der Waals surface area contributed by atoms with Crippen LogP contribution in [0.3, 0.4) is 0 Å². The first-order valence-electron chi connectivity index (χ1n) is 6.95. The number of hydrogen-bond donors (Lipinski definition) is 1. The molecule has 1 amide bonds. The van der Waals surface area contributed by atoms with Crippen LogP contribution in [0.5, 0.6) is 0 Å². The van der Waals surface area contributed by atoms with E-state index in [1.807, 2.05) is 30.3 Å². The van der Waals surface area contributed by atoms with E-state index in [9.17, 15) is 4.79 Å². The molecule has 0 saturated carbocycles. The van der Waals surface area contributed by atoms with Crippen molar-refractivity contribution >= 4 is 34.1 Å². The zero-order valence-corrected chi connectivity index (χ0v) is 14.0. The fourth-order valence-electron chi connectivity index (χ4n) is 1.86. The van der Waals surface area contributed by atoms with Crippen LogP contribution in [0.4, 0.5) is 5.13 Å². The molecule has 0 saturated heterocycles. The summed E-state index contributed by atoms with van der Waals surface area (Å²) >= 11 is 2.92. The second kappa shape index (κ2) is 7.38. The van der Waals surface area contributed by atoms with Gasteiger partial charge in [-0.25, -0.2) is 4.98 Å². The number of amides is 1. The largest absolute Gasteiger partial charge is 0.441 e. The maximum absolute atomic E-state index is 10.9. The van der Waals surface area contributed by atoms with Crippen molar-refractivity contribution in [2.45, 2.75) is 17.7 Å². The number of nitrogens with zero attached hydrogens (tertiary/aromatic N) is 3. The van der Waals surface area contributed by atoms with Crippen LogP contribution >= 0.6 is 23.1 Å². The van der Waals surface area contributed by atoms with Crippen molar-refractivity contribution in [2.24, 2.45) is 0 Å². The predicted molar refractivity (Wildman–Crippen MR) is 90.6 cm³/mol. The second-order valence-electron chi connectivity index (χ2n) is 4.64. The van der Waals surface area contributed by atoms with Gasteiger partial charge in [0.1, 0.15) is 0 Å². The first-order valence-corrected chi connectivity index (χ1v) is 8.75. The van der Waals surface area contributed by atoms with Gasteiger partial charge in [-0.3, -0.25) is 4.79 Å². The third-order valence-electron chi connectivity index (χ3n) is 2.84. The van der Waals surface area contributed by atoms with Gasteiger partial charge in [0, 0.05) is 24.7 Å². The monoisotopic (exact) mass is 346 g/mol. The van der Waals surface area contributed by atoms with Crippen LogP contribution in [0.25, 0.3) is 11.3 Å². The van der Waals surface area contributed by atoms with E-state index in [2.05, 4.69) is 20.5 Å². The summed E-state index contributed by atoms with van der Waals surface area (Å²) in [6.45, 7) is 1.45. The highest BCUT2D eigenvalue weighted by Gasteiger charge is 2.09. The van der Waals surface area contributed by atoms with Crippen molar-refractivity contribution in [1.82, 2.24) is 15.2 Å². The third-order valence-corrected chi connectivity index (χ3v) is 4.82. The van der Waals surface area contributed by atoms with Gasteiger partial charge in [0.25, 0.3) is 0 Å². The highest BCUT2D eigenvalue weighted by Crippen LogP contribution is 2.26. The van der Waals surface area contributed by atoms with Crippen molar-refractivity contribution in [3.8, 4) is 11.3 Å². The zero-order valence-electron chi connectivity index (χ0n) is 12.4. The number of aryl methyl sites for hydroxylation is 1. The van der Waals surface area contributed by atoms with Crippen LogP contribution < -0.4 is 5.32 Å². The van der Waals surface area contributed by atoms with E-state index in [-0.39, 0.29) is 5.91 Å². The minimum atomic E-state index is -0.147. The molecule has 8 heteroatoms. The minimum Gasteiger partial charge on any atom is -0.441 e. The third kappa shape index (κ3) is 4.40. The summed E-state index contributed by atoms with van der Waals surface area (Å²) in [7, 11) is 0. The number of carbonyl (C=O) groups is 1. The zero-order chi connectivity index (χ0) is 16.1. The van der Waals surface area contributed by atoms with Crippen LogP contribution in [0.15, 0.2) is 45.3 Å². The lowest BCUT2D eigenvalue weighted by Crippen LogP contribution is -2.04. The molecule has 0 aliphatic heterocycles. The Bertz CT molecular complexity index is 786. The van der Waals surface area contributed by atoms with Gasteiger partial charge in [0.15, 0.2) is 16.0 Å². The molecule has 0 spiro atoms. The molecular formula is C15H14N4O2S2. The lowest BCUT2D eigenvalue weighted by molar-refractivity contribution is -0.114. The van der Waals surface area contributed by atoms with Crippen molar-refractivity contribution < 1.29 is 9.21 Å². The number of aromatic nitrogens is 3. The van der Waals surface area contributed by atoms with Gasteiger partial charge in [-0.05, 0) is 0 Å². The number of rotatable bonds is 6. The van der Waals surface area contributed by atoms with E-state index in [0.717, 1.165) is 21.4 Å². The molecular weight excluding hydrogens is 332 g/mol. The first kappa shape index (κ1) is 15.7. The first-order chi connectivity index (χ1) is 11.2. The summed E-state index contributed by atoms with van der Waals surface area (Å²) < 4.78 is 6.56.